The van der Waals surface area contributed by atoms with Crippen LogP contribution in [0.15, 0.2) is 11.5 Å². The number of carboxylic acid groups (broad SMARTS) is 1. The predicted octanol–water partition coefficient (Wildman–Crippen LogP) is 0.0854. The third-order valence-electron chi connectivity index (χ3n) is 3.35. The van der Waals surface area contributed by atoms with Gasteiger partial charge in [-0.15, -0.1) is 0 Å². The summed E-state index contributed by atoms with van der Waals surface area (Å²) in [6, 6.07) is 0. The van der Waals surface area contributed by atoms with Crippen LogP contribution in [0.2, 0.25) is 0 Å². The standard InChI is InChI=1S/C16H24O10S2/c1-5(2)24-13(22)7(14(23)25-6(3)4)16(27)28-15-10(19)8(17)9(18)11(26-15)12(20)21/h5-6,8-11,15,17-19,22H,1-4H3,(H,20,21)/b13-7-/t8-,9-,10+,11-,15-/m0/s1. The number of hydrogen-bond acceptors (Lipinski definition) is 11. The van der Waals surface area contributed by atoms with E-state index in [2.05, 4.69) is 0 Å². The molecule has 0 amide bonds. The largest absolute Gasteiger partial charge is 0.480 e. The van der Waals surface area contributed by atoms with Crippen molar-refractivity contribution in [3.8, 4) is 0 Å². The summed E-state index contributed by atoms with van der Waals surface area (Å²) < 4.78 is 14.9. The molecule has 1 rings (SSSR count). The first-order chi connectivity index (χ1) is 12.9. The van der Waals surface area contributed by atoms with Crippen LogP contribution in [0, 0.1) is 0 Å². The Bertz CT molecular complexity index is 633. The van der Waals surface area contributed by atoms with Crippen LogP contribution in [0.5, 0.6) is 0 Å². The first kappa shape index (κ1) is 24.6. The Kier molecular flexibility index (Phi) is 9.11. The van der Waals surface area contributed by atoms with Crippen LogP contribution in [0.25, 0.3) is 0 Å². The number of thiocarbonyl (C=S) groups is 1. The van der Waals surface area contributed by atoms with Crippen molar-refractivity contribution in [3.63, 3.8) is 0 Å². The van der Waals surface area contributed by atoms with Crippen LogP contribution < -0.4 is 0 Å². The molecule has 1 heterocycles. The van der Waals surface area contributed by atoms with Gasteiger partial charge in [0.25, 0.3) is 5.95 Å². The Labute approximate surface area is 171 Å². The van der Waals surface area contributed by atoms with E-state index in [-0.39, 0.29) is 4.20 Å². The molecule has 0 spiro atoms. The van der Waals surface area contributed by atoms with Gasteiger partial charge in [-0.05, 0) is 27.7 Å². The van der Waals surface area contributed by atoms with E-state index in [0.29, 0.717) is 11.8 Å². The van der Waals surface area contributed by atoms with Crippen LogP contribution in [0.3, 0.4) is 0 Å². The van der Waals surface area contributed by atoms with Crippen LogP contribution in [-0.2, 0) is 23.8 Å². The Morgan fingerprint density at radius 3 is 1.96 bits per heavy atom. The molecule has 1 aliphatic rings. The van der Waals surface area contributed by atoms with E-state index in [1.807, 2.05) is 0 Å². The van der Waals surface area contributed by atoms with E-state index in [4.69, 9.17) is 31.5 Å². The quantitative estimate of drug-likeness (QED) is 0.157. The molecular weight excluding hydrogens is 416 g/mol. The highest BCUT2D eigenvalue weighted by Gasteiger charge is 2.48. The number of carbonyl (C=O) groups is 2. The first-order valence-electron chi connectivity index (χ1n) is 8.31. The highest BCUT2D eigenvalue weighted by molar-refractivity contribution is 8.24. The summed E-state index contributed by atoms with van der Waals surface area (Å²) in [7, 11) is 0. The van der Waals surface area contributed by atoms with E-state index in [1.165, 1.54) is 0 Å². The lowest BCUT2D eigenvalue weighted by Crippen LogP contribution is -2.59. The van der Waals surface area contributed by atoms with E-state index in [0.717, 1.165) is 0 Å². The van der Waals surface area contributed by atoms with E-state index < -0.39 is 65.5 Å². The predicted molar refractivity (Wildman–Crippen MR) is 102 cm³/mol. The van der Waals surface area contributed by atoms with Crippen molar-refractivity contribution in [2.75, 3.05) is 0 Å². The van der Waals surface area contributed by atoms with Gasteiger partial charge in [0.2, 0.25) is 0 Å². The lowest BCUT2D eigenvalue weighted by Gasteiger charge is -2.38. The first-order valence-corrected chi connectivity index (χ1v) is 9.59. The van der Waals surface area contributed by atoms with Gasteiger partial charge >= 0.3 is 11.9 Å². The average Bonchev–Trinajstić information content (AvgIpc) is 2.53. The minimum Gasteiger partial charge on any atom is -0.480 e. The maximum atomic E-state index is 12.3. The minimum atomic E-state index is -1.86. The molecule has 1 saturated heterocycles. The molecule has 10 nitrogen and oxygen atoms in total. The molecule has 1 aliphatic heterocycles. The Hall–Kier alpha value is -1.44. The van der Waals surface area contributed by atoms with Crippen molar-refractivity contribution in [1.29, 1.82) is 0 Å². The normalized spacial score (nSPS) is 28.7. The van der Waals surface area contributed by atoms with Crippen molar-refractivity contribution >= 4 is 40.1 Å². The fraction of sp³-hybridized carbons (Fsp3) is 0.688. The second kappa shape index (κ2) is 10.4. The van der Waals surface area contributed by atoms with Crippen molar-refractivity contribution in [2.45, 2.75) is 69.8 Å². The van der Waals surface area contributed by atoms with Crippen LogP contribution in [0.4, 0.5) is 0 Å². The molecule has 160 valence electrons. The fourth-order valence-electron chi connectivity index (χ4n) is 2.13. The van der Waals surface area contributed by atoms with Gasteiger partial charge in [-0.2, -0.15) is 0 Å². The molecule has 0 aromatic heterocycles. The summed E-state index contributed by atoms with van der Waals surface area (Å²) in [6.45, 7) is 6.35. The summed E-state index contributed by atoms with van der Waals surface area (Å²) >= 11 is 5.62. The van der Waals surface area contributed by atoms with Crippen LogP contribution >= 0.6 is 24.0 Å². The molecule has 28 heavy (non-hydrogen) atoms. The van der Waals surface area contributed by atoms with Gasteiger partial charge in [0.1, 0.15) is 23.7 Å². The zero-order valence-electron chi connectivity index (χ0n) is 15.6. The number of aliphatic carboxylic acids is 1. The van der Waals surface area contributed by atoms with Crippen molar-refractivity contribution in [1.82, 2.24) is 0 Å². The monoisotopic (exact) mass is 440 g/mol. The molecule has 0 aromatic rings. The van der Waals surface area contributed by atoms with E-state index >= 15 is 0 Å². The third kappa shape index (κ3) is 6.29. The molecule has 0 aromatic carbocycles. The summed E-state index contributed by atoms with van der Waals surface area (Å²) in [4.78, 5) is 23.5. The Balaban J connectivity index is 3.12. The van der Waals surface area contributed by atoms with Crippen LogP contribution in [0.1, 0.15) is 27.7 Å². The highest BCUT2D eigenvalue weighted by atomic mass is 32.2. The number of carboxylic acids is 1. The van der Waals surface area contributed by atoms with Crippen molar-refractivity contribution in [2.24, 2.45) is 0 Å². The molecule has 5 N–H and O–H groups in total. The number of thioether (sulfide) groups is 1. The second-order valence-corrected chi connectivity index (χ2v) is 8.22. The molecule has 5 atom stereocenters. The van der Waals surface area contributed by atoms with E-state index in [9.17, 15) is 30.0 Å². The number of aliphatic hydroxyl groups is 4. The molecule has 12 heteroatoms. The number of rotatable bonds is 7. The lowest BCUT2D eigenvalue weighted by molar-refractivity contribution is -0.209. The van der Waals surface area contributed by atoms with Gasteiger partial charge in [-0.1, -0.05) is 24.0 Å². The summed E-state index contributed by atoms with van der Waals surface area (Å²) in [6.07, 6.45) is -8.27. The van der Waals surface area contributed by atoms with Gasteiger partial charge in [-0.25, -0.2) is 9.59 Å². The smallest absolute Gasteiger partial charge is 0.347 e. The zero-order chi connectivity index (χ0) is 21.8. The Morgan fingerprint density at radius 1 is 0.964 bits per heavy atom. The summed E-state index contributed by atoms with van der Waals surface area (Å²) in [5, 5.41) is 48.9. The lowest BCUT2D eigenvalue weighted by atomic mass is 10.0. The molecular formula is C16H24O10S2. The number of ether oxygens (including phenoxy) is 3. The SMILES string of the molecule is CC(C)OC(=O)/C(C(=S)S[C@@H]1O[C@H](C(=O)O)[C@@H](O)[C@H](O)[C@H]1O)=C(\O)OC(C)C. The van der Waals surface area contributed by atoms with Gasteiger partial charge in [-0.3, -0.25) is 0 Å². The number of aliphatic hydroxyl groups excluding tert-OH is 4. The Morgan fingerprint density at radius 2 is 1.50 bits per heavy atom. The molecule has 1 fully saturated rings. The number of hydrogen-bond donors (Lipinski definition) is 5. The molecule has 0 saturated carbocycles. The molecule has 0 aliphatic carbocycles. The number of carbonyl (C=O) groups excluding carboxylic acids is 1. The van der Waals surface area contributed by atoms with Crippen molar-refractivity contribution < 1.29 is 49.3 Å². The maximum absolute atomic E-state index is 12.3. The summed E-state index contributed by atoms with van der Waals surface area (Å²) in [5.74, 6) is -3.36. The minimum absolute atomic E-state index is 0.319. The fourth-order valence-corrected chi connectivity index (χ4v) is 3.56. The third-order valence-corrected chi connectivity index (χ3v) is 4.88. The molecule has 0 radical (unpaired) electrons. The second-order valence-electron chi connectivity index (χ2n) is 6.44. The van der Waals surface area contributed by atoms with Gasteiger partial charge in [0, 0.05) is 0 Å². The topological polar surface area (TPSA) is 163 Å². The summed E-state index contributed by atoms with van der Waals surface area (Å²) in [5.41, 5.74) is -1.95. The van der Waals surface area contributed by atoms with Gasteiger partial charge in [0.05, 0.1) is 16.4 Å². The number of esters is 1. The van der Waals surface area contributed by atoms with Crippen molar-refractivity contribution in [3.05, 3.63) is 11.5 Å². The highest BCUT2D eigenvalue weighted by Crippen LogP contribution is 2.32. The zero-order valence-corrected chi connectivity index (χ0v) is 17.3. The molecule has 0 bridgehead atoms. The van der Waals surface area contributed by atoms with Gasteiger partial charge in [0.15, 0.2) is 11.7 Å². The average molecular weight is 440 g/mol. The van der Waals surface area contributed by atoms with E-state index in [1.54, 1.807) is 27.7 Å². The maximum Gasteiger partial charge on any atom is 0.347 e. The van der Waals surface area contributed by atoms with Crippen LogP contribution in [-0.4, -0.2) is 83.7 Å². The van der Waals surface area contributed by atoms with Gasteiger partial charge < -0.3 is 39.7 Å². The molecule has 0 unspecified atom stereocenters.